The summed E-state index contributed by atoms with van der Waals surface area (Å²) in [7, 11) is 0. The molecule has 1 aromatic heterocycles. The van der Waals surface area contributed by atoms with E-state index in [1.807, 2.05) is 6.92 Å². The predicted molar refractivity (Wildman–Crippen MR) is 97.8 cm³/mol. The molecule has 8 heteroatoms. The Kier molecular flexibility index (Phi) is 6.99. The maximum absolute atomic E-state index is 12.5. The third kappa shape index (κ3) is 4.90. The number of hydrogen-bond acceptors (Lipinski definition) is 3. The molecule has 0 aliphatic heterocycles. The molecule has 0 aliphatic carbocycles. The lowest BCUT2D eigenvalue weighted by Gasteiger charge is -2.21. The van der Waals surface area contributed by atoms with E-state index in [-0.39, 0.29) is 12.5 Å². The first kappa shape index (κ1) is 19.1. The third-order valence-electron chi connectivity index (χ3n) is 3.19. The third-order valence-corrected chi connectivity index (χ3v) is 4.18. The highest BCUT2D eigenvalue weighted by Gasteiger charge is 2.16. The number of pyridine rings is 1. The summed E-state index contributed by atoms with van der Waals surface area (Å²) in [6.07, 6.45) is 2.95. The van der Waals surface area contributed by atoms with Crippen LogP contribution in [0.3, 0.4) is 0 Å². The summed E-state index contributed by atoms with van der Waals surface area (Å²) >= 11 is 23.9. The lowest BCUT2D eigenvalue weighted by Crippen LogP contribution is -2.34. The van der Waals surface area contributed by atoms with E-state index >= 15 is 0 Å². The molecule has 2 rings (SSSR count). The minimum absolute atomic E-state index is 0.176. The fraction of sp³-hybridized carbons (Fsp3) is 0.250. The fourth-order valence-electron chi connectivity index (χ4n) is 2.04. The summed E-state index contributed by atoms with van der Waals surface area (Å²) in [5.74, 6) is 0.167. The zero-order chi connectivity index (χ0) is 17.7. The number of benzene rings is 1. The van der Waals surface area contributed by atoms with Crippen molar-refractivity contribution in [2.24, 2.45) is 0 Å². The van der Waals surface area contributed by atoms with Gasteiger partial charge in [0.1, 0.15) is 6.61 Å². The van der Waals surface area contributed by atoms with Crippen LogP contribution in [-0.2, 0) is 0 Å². The second-order valence-electron chi connectivity index (χ2n) is 4.82. The molecule has 1 amide bonds. The van der Waals surface area contributed by atoms with Gasteiger partial charge in [0.2, 0.25) is 0 Å². The lowest BCUT2D eigenvalue weighted by atomic mass is 10.2. The molecule has 4 nitrogen and oxygen atoms in total. The zero-order valence-corrected chi connectivity index (χ0v) is 15.8. The monoisotopic (exact) mass is 406 g/mol. The molecule has 0 spiro atoms. The van der Waals surface area contributed by atoms with Crippen molar-refractivity contribution in [3.63, 3.8) is 0 Å². The number of carbonyl (C=O) groups excluding carboxylic acids is 1. The number of halogens is 4. The van der Waals surface area contributed by atoms with Gasteiger partial charge in [0.05, 0.1) is 27.2 Å². The van der Waals surface area contributed by atoms with Crippen molar-refractivity contribution in [2.45, 2.75) is 6.92 Å². The zero-order valence-electron chi connectivity index (χ0n) is 12.7. The molecular formula is C16H14Cl4N2O2. The number of aromatic nitrogens is 1. The Morgan fingerprint density at radius 2 is 1.75 bits per heavy atom. The van der Waals surface area contributed by atoms with Crippen molar-refractivity contribution in [3.8, 4) is 5.75 Å². The highest BCUT2D eigenvalue weighted by molar-refractivity contribution is 6.40. The summed E-state index contributed by atoms with van der Waals surface area (Å²) in [6.45, 7) is 2.97. The van der Waals surface area contributed by atoms with E-state index in [0.29, 0.717) is 44.5 Å². The Balaban J connectivity index is 2.01. The second-order valence-corrected chi connectivity index (χ2v) is 6.51. The average molecular weight is 408 g/mol. The van der Waals surface area contributed by atoms with Crippen LogP contribution in [0.1, 0.15) is 17.3 Å². The van der Waals surface area contributed by atoms with Crippen molar-refractivity contribution in [3.05, 3.63) is 56.2 Å². The number of likely N-dealkylation sites (N-methyl/N-ethyl adjacent to an activating group) is 1. The molecule has 0 saturated carbocycles. The van der Waals surface area contributed by atoms with E-state index in [9.17, 15) is 4.79 Å². The Hall–Kier alpha value is -1.20. The molecular weight excluding hydrogens is 394 g/mol. The van der Waals surface area contributed by atoms with Crippen LogP contribution < -0.4 is 4.74 Å². The SMILES string of the molecule is CCN(CCOc1c(Cl)cc(Cl)cc1Cl)C(=O)c1cncc(Cl)c1. The molecule has 0 unspecified atom stereocenters. The normalized spacial score (nSPS) is 10.5. The van der Waals surface area contributed by atoms with Crippen LogP contribution in [0.5, 0.6) is 5.75 Å². The van der Waals surface area contributed by atoms with Crippen molar-refractivity contribution in [2.75, 3.05) is 19.7 Å². The molecule has 0 saturated heterocycles. The summed E-state index contributed by atoms with van der Waals surface area (Å²) in [5.41, 5.74) is 0.423. The van der Waals surface area contributed by atoms with Gasteiger partial charge in [-0.3, -0.25) is 9.78 Å². The van der Waals surface area contributed by atoms with E-state index < -0.39 is 0 Å². The van der Waals surface area contributed by atoms with E-state index in [2.05, 4.69) is 4.98 Å². The molecule has 2 aromatic rings. The Morgan fingerprint density at radius 3 is 2.33 bits per heavy atom. The van der Waals surface area contributed by atoms with Crippen molar-refractivity contribution in [1.29, 1.82) is 0 Å². The minimum atomic E-state index is -0.176. The first-order valence-corrected chi connectivity index (χ1v) is 8.60. The number of amides is 1. The first-order valence-electron chi connectivity index (χ1n) is 7.09. The maximum atomic E-state index is 12.5. The number of rotatable bonds is 6. The fourth-order valence-corrected chi connectivity index (χ4v) is 3.14. The van der Waals surface area contributed by atoms with Crippen molar-refractivity contribution in [1.82, 2.24) is 9.88 Å². The minimum Gasteiger partial charge on any atom is -0.489 e. The van der Waals surface area contributed by atoms with Crippen LogP contribution in [0, 0.1) is 0 Å². The summed E-state index contributed by atoms with van der Waals surface area (Å²) in [5, 5.41) is 1.48. The summed E-state index contributed by atoms with van der Waals surface area (Å²) in [6, 6.07) is 4.67. The van der Waals surface area contributed by atoms with Gasteiger partial charge >= 0.3 is 0 Å². The van der Waals surface area contributed by atoms with Gasteiger partial charge < -0.3 is 9.64 Å². The topological polar surface area (TPSA) is 42.4 Å². The standard InChI is InChI=1S/C16H14Cl4N2O2/c1-2-22(16(23)10-5-12(18)9-21-8-10)3-4-24-15-13(19)6-11(17)7-14(15)20/h5-9H,2-4H2,1H3. The quantitative estimate of drug-likeness (QED) is 0.657. The molecule has 0 atom stereocenters. The molecule has 0 aliphatic rings. The smallest absolute Gasteiger partial charge is 0.255 e. The van der Waals surface area contributed by atoms with Gasteiger partial charge in [-0.05, 0) is 25.1 Å². The maximum Gasteiger partial charge on any atom is 0.255 e. The number of nitrogens with zero attached hydrogens (tertiary/aromatic N) is 2. The highest BCUT2D eigenvalue weighted by atomic mass is 35.5. The molecule has 0 bridgehead atoms. The van der Waals surface area contributed by atoms with Gasteiger partial charge in [-0.1, -0.05) is 46.4 Å². The molecule has 0 N–H and O–H groups in total. The largest absolute Gasteiger partial charge is 0.489 e. The number of ether oxygens (including phenoxy) is 1. The van der Waals surface area contributed by atoms with Crippen LogP contribution in [0.25, 0.3) is 0 Å². The van der Waals surface area contributed by atoms with Gasteiger partial charge in [0, 0.05) is 24.0 Å². The Labute approximate surface area is 160 Å². The van der Waals surface area contributed by atoms with Crippen molar-refractivity contribution < 1.29 is 9.53 Å². The first-order chi connectivity index (χ1) is 11.4. The highest BCUT2D eigenvalue weighted by Crippen LogP contribution is 2.35. The van der Waals surface area contributed by atoms with Crippen LogP contribution >= 0.6 is 46.4 Å². The van der Waals surface area contributed by atoms with E-state index in [1.54, 1.807) is 23.1 Å². The van der Waals surface area contributed by atoms with Crippen LogP contribution in [0.2, 0.25) is 20.1 Å². The summed E-state index contributed by atoms with van der Waals surface area (Å²) < 4.78 is 5.61. The van der Waals surface area contributed by atoms with Gasteiger partial charge in [-0.15, -0.1) is 0 Å². The van der Waals surface area contributed by atoms with E-state index in [1.165, 1.54) is 12.4 Å². The van der Waals surface area contributed by atoms with Gasteiger partial charge in [0.25, 0.3) is 5.91 Å². The van der Waals surface area contributed by atoms with Crippen molar-refractivity contribution >= 4 is 52.3 Å². The van der Waals surface area contributed by atoms with Gasteiger partial charge in [-0.2, -0.15) is 0 Å². The lowest BCUT2D eigenvalue weighted by molar-refractivity contribution is 0.0739. The second kappa shape index (κ2) is 8.77. The molecule has 0 fully saturated rings. The molecule has 128 valence electrons. The molecule has 24 heavy (non-hydrogen) atoms. The van der Waals surface area contributed by atoms with Crippen LogP contribution in [-0.4, -0.2) is 35.5 Å². The number of hydrogen-bond donors (Lipinski definition) is 0. The predicted octanol–water partition coefficient (Wildman–Crippen LogP) is 5.24. The van der Waals surface area contributed by atoms with Gasteiger partial charge in [0.15, 0.2) is 5.75 Å². The molecule has 1 heterocycles. The van der Waals surface area contributed by atoms with E-state index in [4.69, 9.17) is 51.1 Å². The molecule has 1 aromatic carbocycles. The molecule has 0 radical (unpaired) electrons. The van der Waals surface area contributed by atoms with Crippen LogP contribution in [0.4, 0.5) is 0 Å². The Morgan fingerprint density at radius 1 is 1.08 bits per heavy atom. The van der Waals surface area contributed by atoms with E-state index in [0.717, 1.165) is 0 Å². The average Bonchev–Trinajstić information content (AvgIpc) is 2.53. The van der Waals surface area contributed by atoms with Crippen LogP contribution in [0.15, 0.2) is 30.6 Å². The Bertz CT molecular complexity index is 717. The summed E-state index contributed by atoms with van der Waals surface area (Å²) in [4.78, 5) is 18.0. The van der Waals surface area contributed by atoms with Gasteiger partial charge in [-0.25, -0.2) is 0 Å². The number of carbonyl (C=O) groups is 1.